The van der Waals surface area contributed by atoms with E-state index in [4.69, 9.17) is 4.98 Å². The van der Waals surface area contributed by atoms with Crippen LogP contribution in [-0.4, -0.2) is 58.4 Å². The summed E-state index contributed by atoms with van der Waals surface area (Å²) in [6.07, 6.45) is 2.18. The van der Waals surface area contributed by atoms with Gasteiger partial charge in [0.1, 0.15) is 11.5 Å². The van der Waals surface area contributed by atoms with Gasteiger partial charge in [0, 0.05) is 37.9 Å². The van der Waals surface area contributed by atoms with E-state index in [0.717, 1.165) is 48.6 Å². The van der Waals surface area contributed by atoms with Crippen molar-refractivity contribution in [2.24, 2.45) is 0 Å². The Morgan fingerprint density at radius 3 is 2.62 bits per heavy atom. The van der Waals surface area contributed by atoms with Crippen LogP contribution in [0.1, 0.15) is 16.8 Å². The van der Waals surface area contributed by atoms with Crippen molar-refractivity contribution < 1.29 is 9.18 Å². The Bertz CT molecular complexity index is 1050. The average molecular weight is 395 g/mol. The molecule has 1 aliphatic heterocycles. The lowest BCUT2D eigenvalue weighted by atomic mass is 10.1. The smallest absolute Gasteiger partial charge is 0.240 e. The molecule has 1 saturated heterocycles. The second-order valence-electron chi connectivity index (χ2n) is 7.81. The van der Waals surface area contributed by atoms with Crippen LogP contribution in [0.15, 0.2) is 36.5 Å². The van der Waals surface area contributed by atoms with Crippen molar-refractivity contribution in [3.05, 3.63) is 59.2 Å². The monoisotopic (exact) mass is 395 g/mol. The fraction of sp³-hybridized carbons (Fsp3) is 0.364. The fourth-order valence-electron chi connectivity index (χ4n) is 3.68. The number of hydrazine groups is 1. The predicted molar refractivity (Wildman–Crippen MR) is 111 cm³/mol. The summed E-state index contributed by atoms with van der Waals surface area (Å²) in [6, 6.07) is 8.89. The van der Waals surface area contributed by atoms with Crippen LogP contribution in [0, 0.1) is 19.7 Å². The molecule has 1 aromatic carbocycles. The molecule has 0 bridgehead atoms. The number of carbonyl (C=O) groups excluding carboxylic acids is 1. The number of carbonyl (C=O) groups is 1. The molecule has 0 spiro atoms. The quantitative estimate of drug-likeness (QED) is 0.738. The molecule has 1 N–H and O–H groups in total. The van der Waals surface area contributed by atoms with E-state index in [1.807, 2.05) is 34.7 Å². The standard InChI is InChI=1S/C22H26FN5O/c1-15-4-7-20-24-22(17-5-6-18(23)16(2)12-17)19(28(20)14-15)13-21(29)25-27-10-8-26(3)9-11-27/h4-7,12,14H,8-11,13H2,1-3H3,(H,25,29). The molecule has 3 aromatic rings. The highest BCUT2D eigenvalue weighted by atomic mass is 19.1. The number of hydrogen-bond acceptors (Lipinski definition) is 4. The van der Waals surface area contributed by atoms with Crippen LogP contribution in [-0.2, 0) is 11.2 Å². The first kappa shape index (κ1) is 19.5. The molecule has 0 unspecified atom stereocenters. The first-order valence-electron chi connectivity index (χ1n) is 9.88. The maximum absolute atomic E-state index is 13.8. The first-order valence-corrected chi connectivity index (χ1v) is 9.88. The molecule has 152 valence electrons. The third-order valence-corrected chi connectivity index (χ3v) is 5.41. The highest BCUT2D eigenvalue weighted by Crippen LogP contribution is 2.27. The van der Waals surface area contributed by atoms with Crippen molar-refractivity contribution in [1.29, 1.82) is 0 Å². The minimum atomic E-state index is -0.247. The molecular weight excluding hydrogens is 369 g/mol. The third kappa shape index (κ3) is 4.16. The normalized spacial score (nSPS) is 15.7. The van der Waals surface area contributed by atoms with Crippen molar-refractivity contribution in [3.63, 3.8) is 0 Å². The van der Waals surface area contributed by atoms with Crippen molar-refractivity contribution in [3.8, 4) is 11.3 Å². The number of aromatic nitrogens is 2. The number of halogens is 1. The summed E-state index contributed by atoms with van der Waals surface area (Å²) in [6.45, 7) is 7.20. The maximum atomic E-state index is 13.8. The van der Waals surface area contributed by atoms with Gasteiger partial charge in [0.05, 0.1) is 17.8 Å². The van der Waals surface area contributed by atoms with Gasteiger partial charge in [0.25, 0.3) is 0 Å². The Kier molecular flexibility index (Phi) is 5.34. The Morgan fingerprint density at radius 2 is 1.90 bits per heavy atom. The first-order chi connectivity index (χ1) is 13.9. The van der Waals surface area contributed by atoms with Gasteiger partial charge in [-0.1, -0.05) is 6.07 Å². The average Bonchev–Trinajstić information content (AvgIpc) is 3.03. The Balaban J connectivity index is 1.66. The topological polar surface area (TPSA) is 52.9 Å². The van der Waals surface area contributed by atoms with E-state index in [9.17, 15) is 9.18 Å². The molecule has 0 radical (unpaired) electrons. The van der Waals surface area contributed by atoms with Crippen LogP contribution < -0.4 is 5.43 Å². The number of imidazole rings is 1. The van der Waals surface area contributed by atoms with Gasteiger partial charge in [-0.3, -0.25) is 10.2 Å². The Labute approximate surface area is 169 Å². The summed E-state index contributed by atoms with van der Waals surface area (Å²) < 4.78 is 15.7. The Morgan fingerprint density at radius 1 is 1.14 bits per heavy atom. The molecule has 3 heterocycles. The van der Waals surface area contributed by atoms with Gasteiger partial charge in [-0.05, 0) is 56.3 Å². The van der Waals surface area contributed by atoms with Gasteiger partial charge in [0.2, 0.25) is 5.91 Å². The molecule has 6 nitrogen and oxygen atoms in total. The summed E-state index contributed by atoms with van der Waals surface area (Å²) in [5.74, 6) is -0.319. The molecule has 1 fully saturated rings. The van der Waals surface area contributed by atoms with Crippen LogP contribution in [0.3, 0.4) is 0 Å². The van der Waals surface area contributed by atoms with Crippen LogP contribution >= 0.6 is 0 Å². The van der Waals surface area contributed by atoms with Crippen LogP contribution in [0.4, 0.5) is 4.39 Å². The van der Waals surface area contributed by atoms with Gasteiger partial charge in [-0.15, -0.1) is 0 Å². The predicted octanol–water partition coefficient (Wildman–Crippen LogP) is 2.58. The molecule has 0 saturated carbocycles. The lowest BCUT2D eigenvalue weighted by Crippen LogP contribution is -2.52. The zero-order valence-electron chi connectivity index (χ0n) is 17.1. The number of benzene rings is 1. The summed E-state index contributed by atoms with van der Waals surface area (Å²) in [4.78, 5) is 19.8. The van der Waals surface area contributed by atoms with Crippen molar-refractivity contribution in [1.82, 2.24) is 24.7 Å². The molecule has 1 amide bonds. The van der Waals surface area contributed by atoms with Gasteiger partial charge in [-0.2, -0.15) is 0 Å². The van der Waals surface area contributed by atoms with E-state index in [1.165, 1.54) is 6.07 Å². The molecular formula is C22H26FN5O. The van der Waals surface area contributed by atoms with Crippen LogP contribution in [0.2, 0.25) is 0 Å². The second kappa shape index (κ2) is 7.93. The molecule has 0 atom stereocenters. The van der Waals surface area contributed by atoms with Crippen molar-refractivity contribution >= 4 is 11.6 Å². The molecule has 29 heavy (non-hydrogen) atoms. The number of likely N-dealkylation sites (N-methyl/N-ethyl adjacent to an activating group) is 1. The lowest BCUT2D eigenvalue weighted by molar-refractivity contribution is -0.126. The summed E-state index contributed by atoms with van der Waals surface area (Å²) in [5, 5.41) is 1.97. The number of nitrogens with one attached hydrogen (secondary N) is 1. The molecule has 7 heteroatoms. The van der Waals surface area contributed by atoms with E-state index >= 15 is 0 Å². The Hall–Kier alpha value is -2.77. The number of nitrogens with zero attached hydrogens (tertiary/aromatic N) is 4. The van der Waals surface area contributed by atoms with E-state index in [2.05, 4.69) is 17.4 Å². The fourth-order valence-corrected chi connectivity index (χ4v) is 3.68. The number of aryl methyl sites for hydroxylation is 2. The van der Waals surface area contributed by atoms with Crippen molar-refractivity contribution in [2.45, 2.75) is 20.3 Å². The minimum absolute atomic E-state index is 0.0713. The number of fused-ring (bicyclic) bond motifs is 1. The van der Waals surface area contributed by atoms with Gasteiger partial charge >= 0.3 is 0 Å². The highest BCUT2D eigenvalue weighted by molar-refractivity contribution is 5.81. The molecule has 4 rings (SSSR count). The second-order valence-corrected chi connectivity index (χ2v) is 7.81. The zero-order chi connectivity index (χ0) is 20.5. The van der Waals surface area contributed by atoms with Gasteiger partial charge in [0.15, 0.2) is 0 Å². The number of pyridine rings is 1. The lowest BCUT2D eigenvalue weighted by Gasteiger charge is -2.32. The number of amides is 1. The van der Waals surface area contributed by atoms with Crippen molar-refractivity contribution in [2.75, 3.05) is 33.2 Å². The summed E-state index contributed by atoms with van der Waals surface area (Å²) in [7, 11) is 2.08. The van der Waals surface area contributed by atoms with E-state index in [1.54, 1.807) is 19.1 Å². The summed E-state index contributed by atoms with van der Waals surface area (Å²) >= 11 is 0. The van der Waals surface area contributed by atoms with Crippen LogP contribution in [0.5, 0.6) is 0 Å². The van der Waals surface area contributed by atoms with Crippen LogP contribution in [0.25, 0.3) is 16.9 Å². The summed E-state index contributed by atoms with van der Waals surface area (Å²) in [5.41, 5.74) is 7.77. The van der Waals surface area contributed by atoms with E-state index in [-0.39, 0.29) is 18.1 Å². The molecule has 1 aliphatic rings. The zero-order valence-corrected chi connectivity index (χ0v) is 17.1. The molecule has 2 aromatic heterocycles. The number of hydrogen-bond donors (Lipinski definition) is 1. The highest BCUT2D eigenvalue weighted by Gasteiger charge is 2.20. The maximum Gasteiger partial charge on any atom is 0.240 e. The minimum Gasteiger partial charge on any atom is -0.304 e. The van der Waals surface area contributed by atoms with Gasteiger partial charge in [-0.25, -0.2) is 14.4 Å². The molecule has 0 aliphatic carbocycles. The number of rotatable bonds is 4. The van der Waals surface area contributed by atoms with Gasteiger partial charge < -0.3 is 9.30 Å². The SMILES string of the molecule is Cc1ccc2nc(-c3ccc(F)c(C)c3)c(CC(=O)NN3CCN(C)CC3)n2c1. The van der Waals surface area contributed by atoms with E-state index in [0.29, 0.717) is 11.3 Å². The largest absolute Gasteiger partial charge is 0.304 e. The third-order valence-electron chi connectivity index (χ3n) is 5.41. The van der Waals surface area contributed by atoms with E-state index < -0.39 is 0 Å². The number of piperazine rings is 1.